The van der Waals surface area contributed by atoms with Crippen LogP contribution in [0.1, 0.15) is 25.1 Å². The fourth-order valence-corrected chi connectivity index (χ4v) is 2.17. The number of aromatic nitrogens is 2. The van der Waals surface area contributed by atoms with E-state index in [0.717, 1.165) is 29.9 Å². The fourth-order valence-electron chi connectivity index (χ4n) is 2.17. The SMILES string of the molecule is CCNCc1ccc(-c2cnn(CC)c2C)cc1F. The molecule has 102 valence electrons. The molecule has 0 aliphatic carbocycles. The van der Waals surface area contributed by atoms with Crippen LogP contribution >= 0.6 is 0 Å². The smallest absolute Gasteiger partial charge is 0.128 e. The molecule has 19 heavy (non-hydrogen) atoms. The molecule has 3 nitrogen and oxygen atoms in total. The summed E-state index contributed by atoms with van der Waals surface area (Å²) in [5.74, 6) is -0.165. The maximum absolute atomic E-state index is 14.0. The van der Waals surface area contributed by atoms with E-state index in [0.29, 0.717) is 12.1 Å². The quantitative estimate of drug-likeness (QED) is 0.896. The zero-order chi connectivity index (χ0) is 13.8. The van der Waals surface area contributed by atoms with Gasteiger partial charge in [0.2, 0.25) is 0 Å². The largest absolute Gasteiger partial charge is 0.313 e. The Morgan fingerprint density at radius 2 is 2.11 bits per heavy atom. The van der Waals surface area contributed by atoms with Gasteiger partial charge in [0.25, 0.3) is 0 Å². The monoisotopic (exact) mass is 261 g/mol. The van der Waals surface area contributed by atoms with E-state index in [1.165, 1.54) is 0 Å². The van der Waals surface area contributed by atoms with Gasteiger partial charge in [0.05, 0.1) is 6.20 Å². The first-order chi connectivity index (χ1) is 9.17. The summed E-state index contributed by atoms with van der Waals surface area (Å²) in [7, 11) is 0. The lowest BCUT2D eigenvalue weighted by atomic mass is 10.0. The minimum atomic E-state index is -0.165. The number of nitrogens with zero attached hydrogens (tertiary/aromatic N) is 2. The summed E-state index contributed by atoms with van der Waals surface area (Å²) in [5, 5.41) is 7.43. The molecule has 1 aromatic carbocycles. The van der Waals surface area contributed by atoms with Crippen LogP contribution in [0.15, 0.2) is 24.4 Å². The van der Waals surface area contributed by atoms with Gasteiger partial charge in [-0.2, -0.15) is 5.10 Å². The molecule has 0 amide bonds. The highest BCUT2D eigenvalue weighted by Crippen LogP contribution is 2.25. The van der Waals surface area contributed by atoms with Gasteiger partial charge in [-0.15, -0.1) is 0 Å². The number of hydrogen-bond donors (Lipinski definition) is 1. The first kappa shape index (κ1) is 13.7. The van der Waals surface area contributed by atoms with E-state index in [-0.39, 0.29) is 5.82 Å². The van der Waals surface area contributed by atoms with Gasteiger partial charge < -0.3 is 5.32 Å². The highest BCUT2D eigenvalue weighted by Gasteiger charge is 2.10. The second-order valence-electron chi connectivity index (χ2n) is 4.55. The normalized spacial score (nSPS) is 10.9. The number of halogens is 1. The van der Waals surface area contributed by atoms with Crippen LogP contribution in [-0.4, -0.2) is 16.3 Å². The zero-order valence-electron chi connectivity index (χ0n) is 11.7. The number of rotatable bonds is 5. The van der Waals surface area contributed by atoms with E-state index in [2.05, 4.69) is 10.4 Å². The molecule has 0 aliphatic rings. The van der Waals surface area contributed by atoms with Gasteiger partial charge in [-0.05, 0) is 32.0 Å². The Balaban J connectivity index is 2.30. The lowest BCUT2D eigenvalue weighted by molar-refractivity contribution is 0.594. The molecule has 0 aliphatic heterocycles. The molecule has 2 rings (SSSR count). The Morgan fingerprint density at radius 3 is 2.68 bits per heavy atom. The van der Waals surface area contributed by atoms with Crippen molar-refractivity contribution in [2.24, 2.45) is 0 Å². The van der Waals surface area contributed by atoms with Crippen molar-refractivity contribution < 1.29 is 4.39 Å². The summed E-state index contributed by atoms with van der Waals surface area (Å²) in [4.78, 5) is 0. The third-order valence-electron chi connectivity index (χ3n) is 3.33. The lowest BCUT2D eigenvalue weighted by Crippen LogP contribution is -2.12. The molecule has 0 saturated carbocycles. The number of nitrogens with one attached hydrogen (secondary N) is 1. The van der Waals surface area contributed by atoms with E-state index < -0.39 is 0 Å². The van der Waals surface area contributed by atoms with Gasteiger partial charge in [-0.1, -0.05) is 19.1 Å². The standard InChI is InChI=1S/C15H20FN3/c1-4-17-9-13-7-6-12(8-15(13)16)14-10-18-19(5-2)11(14)3/h6-8,10,17H,4-5,9H2,1-3H3. The Hall–Kier alpha value is -1.68. The van der Waals surface area contributed by atoms with Crippen molar-refractivity contribution in [3.63, 3.8) is 0 Å². The number of aryl methyl sites for hydroxylation is 1. The van der Waals surface area contributed by atoms with Crippen molar-refractivity contribution in [3.8, 4) is 11.1 Å². The highest BCUT2D eigenvalue weighted by atomic mass is 19.1. The Kier molecular flexibility index (Phi) is 4.32. The first-order valence-electron chi connectivity index (χ1n) is 6.69. The molecule has 0 fully saturated rings. The molecule has 1 N–H and O–H groups in total. The van der Waals surface area contributed by atoms with Gasteiger partial charge in [0, 0.05) is 29.9 Å². The van der Waals surface area contributed by atoms with Crippen LogP contribution in [0.25, 0.3) is 11.1 Å². The number of benzene rings is 1. The minimum Gasteiger partial charge on any atom is -0.313 e. The van der Waals surface area contributed by atoms with Crippen LogP contribution < -0.4 is 5.32 Å². The molecule has 0 saturated heterocycles. The Morgan fingerprint density at radius 1 is 1.32 bits per heavy atom. The average molecular weight is 261 g/mol. The summed E-state index contributed by atoms with van der Waals surface area (Å²) in [6, 6.07) is 5.40. The third kappa shape index (κ3) is 2.84. The van der Waals surface area contributed by atoms with Crippen molar-refractivity contribution in [1.29, 1.82) is 0 Å². The van der Waals surface area contributed by atoms with Gasteiger partial charge in [-0.25, -0.2) is 4.39 Å². The molecule has 4 heteroatoms. The average Bonchev–Trinajstić information content (AvgIpc) is 2.78. The summed E-state index contributed by atoms with van der Waals surface area (Å²) in [6.07, 6.45) is 1.80. The van der Waals surface area contributed by atoms with Crippen LogP contribution in [0, 0.1) is 12.7 Å². The van der Waals surface area contributed by atoms with Crippen molar-refractivity contribution in [2.45, 2.75) is 33.9 Å². The van der Waals surface area contributed by atoms with E-state index in [9.17, 15) is 4.39 Å². The van der Waals surface area contributed by atoms with Crippen LogP contribution in [0.5, 0.6) is 0 Å². The third-order valence-corrected chi connectivity index (χ3v) is 3.33. The van der Waals surface area contributed by atoms with Crippen LogP contribution in [0.2, 0.25) is 0 Å². The molecule has 0 atom stereocenters. The molecule has 1 heterocycles. The van der Waals surface area contributed by atoms with Crippen LogP contribution in [0.3, 0.4) is 0 Å². The summed E-state index contributed by atoms with van der Waals surface area (Å²) >= 11 is 0. The zero-order valence-corrected chi connectivity index (χ0v) is 11.7. The second kappa shape index (κ2) is 5.97. The molecule has 0 spiro atoms. The number of hydrogen-bond acceptors (Lipinski definition) is 2. The summed E-state index contributed by atoms with van der Waals surface area (Å²) in [5.41, 5.74) is 3.65. The predicted molar refractivity (Wildman–Crippen MR) is 75.4 cm³/mol. The predicted octanol–water partition coefficient (Wildman–Crippen LogP) is 3.13. The topological polar surface area (TPSA) is 29.9 Å². The molecular weight excluding hydrogens is 241 g/mol. The van der Waals surface area contributed by atoms with Crippen molar-refractivity contribution in [3.05, 3.63) is 41.5 Å². The van der Waals surface area contributed by atoms with Crippen molar-refractivity contribution >= 4 is 0 Å². The summed E-state index contributed by atoms with van der Waals surface area (Å²) in [6.45, 7) is 8.29. The second-order valence-corrected chi connectivity index (χ2v) is 4.55. The Labute approximate surface area is 113 Å². The van der Waals surface area contributed by atoms with Gasteiger partial charge in [0.1, 0.15) is 5.82 Å². The molecule has 1 aromatic heterocycles. The molecular formula is C15H20FN3. The molecule has 2 aromatic rings. The molecule has 0 unspecified atom stereocenters. The lowest BCUT2D eigenvalue weighted by Gasteiger charge is -2.07. The first-order valence-corrected chi connectivity index (χ1v) is 6.69. The Bertz CT molecular complexity index is 561. The summed E-state index contributed by atoms with van der Waals surface area (Å²) < 4.78 is 15.9. The maximum atomic E-state index is 14.0. The van der Waals surface area contributed by atoms with E-state index in [4.69, 9.17) is 0 Å². The van der Waals surface area contributed by atoms with E-state index in [1.54, 1.807) is 12.3 Å². The fraction of sp³-hybridized carbons (Fsp3) is 0.400. The molecule has 0 radical (unpaired) electrons. The van der Waals surface area contributed by atoms with Crippen molar-refractivity contribution in [1.82, 2.24) is 15.1 Å². The highest BCUT2D eigenvalue weighted by molar-refractivity contribution is 5.65. The van der Waals surface area contributed by atoms with Crippen molar-refractivity contribution in [2.75, 3.05) is 6.54 Å². The van der Waals surface area contributed by atoms with Gasteiger partial charge in [-0.3, -0.25) is 4.68 Å². The van der Waals surface area contributed by atoms with E-state index >= 15 is 0 Å². The van der Waals surface area contributed by atoms with Crippen LogP contribution in [-0.2, 0) is 13.1 Å². The van der Waals surface area contributed by atoms with Gasteiger partial charge >= 0.3 is 0 Å². The minimum absolute atomic E-state index is 0.165. The van der Waals surface area contributed by atoms with E-state index in [1.807, 2.05) is 37.6 Å². The molecule has 0 bridgehead atoms. The van der Waals surface area contributed by atoms with Crippen LogP contribution in [0.4, 0.5) is 4.39 Å². The maximum Gasteiger partial charge on any atom is 0.128 e. The van der Waals surface area contributed by atoms with Gasteiger partial charge in [0.15, 0.2) is 0 Å².